The first-order valence-corrected chi connectivity index (χ1v) is 11.4. The maximum Gasteiger partial charge on any atom is 0.269 e. The summed E-state index contributed by atoms with van der Waals surface area (Å²) in [5, 5.41) is 9.98. The Bertz CT molecular complexity index is 1030. The Morgan fingerprint density at radius 3 is 2.22 bits per heavy atom. The number of hydrogen-bond donors (Lipinski definition) is 0. The minimum absolute atomic E-state index is 0.0537. The molecule has 0 saturated carbocycles. The van der Waals surface area contributed by atoms with Crippen LogP contribution in [0.25, 0.3) is 0 Å². The fourth-order valence-electron chi connectivity index (χ4n) is 3.09. The number of sulfonamides is 1. The molecule has 1 unspecified atom stereocenters. The zero-order valence-corrected chi connectivity index (χ0v) is 15.9. The third-order valence-electron chi connectivity index (χ3n) is 4.56. The largest absolute Gasteiger partial charge is 0.269 e. The Labute approximate surface area is 157 Å². The second kappa shape index (κ2) is 7.37. The minimum atomic E-state index is -3.94. The Hall–Kier alpha value is -2.30. The van der Waals surface area contributed by atoms with E-state index in [0.717, 1.165) is 16.4 Å². The third kappa shape index (κ3) is 4.02. The highest BCUT2D eigenvalue weighted by Gasteiger charge is 2.35. The van der Waals surface area contributed by atoms with Crippen LogP contribution in [0.5, 0.6) is 0 Å². The van der Waals surface area contributed by atoms with Crippen LogP contribution in [0.1, 0.15) is 17.2 Å². The number of rotatable bonds is 4. The second-order valence-electron chi connectivity index (χ2n) is 6.21. The average Bonchev–Trinajstić information content (AvgIpc) is 2.81. The van der Waals surface area contributed by atoms with Gasteiger partial charge in [-0.15, -0.1) is 0 Å². The molecule has 2 aromatic rings. The van der Waals surface area contributed by atoms with Gasteiger partial charge in [0.2, 0.25) is 10.0 Å². The molecular formula is C17H18N2O6S2. The summed E-state index contributed by atoms with van der Waals surface area (Å²) in [5.41, 5.74) is 0.434. The van der Waals surface area contributed by atoms with Crippen LogP contribution < -0.4 is 0 Å². The number of nitrogens with zero attached hydrogens (tertiary/aromatic N) is 2. The molecule has 144 valence electrons. The zero-order valence-electron chi connectivity index (χ0n) is 14.3. The molecule has 2 aromatic carbocycles. The molecule has 10 heteroatoms. The molecule has 1 heterocycles. The van der Waals surface area contributed by atoms with E-state index in [1.54, 1.807) is 30.3 Å². The number of nitro benzene ring substituents is 1. The van der Waals surface area contributed by atoms with E-state index in [-0.39, 0.29) is 35.8 Å². The number of non-ortho nitro benzene ring substituents is 1. The summed E-state index contributed by atoms with van der Waals surface area (Å²) in [4.78, 5) is 10.0. The normalized spacial score (nSPS) is 20.7. The molecule has 0 bridgehead atoms. The van der Waals surface area contributed by atoms with Crippen LogP contribution in [-0.2, 0) is 19.9 Å². The lowest BCUT2D eigenvalue weighted by Crippen LogP contribution is -2.33. The molecule has 1 atom stereocenters. The summed E-state index contributed by atoms with van der Waals surface area (Å²) in [6, 6.07) is 13.3. The van der Waals surface area contributed by atoms with Crippen molar-refractivity contribution in [2.75, 3.05) is 18.8 Å². The maximum atomic E-state index is 12.8. The lowest BCUT2D eigenvalue weighted by molar-refractivity contribution is -0.384. The van der Waals surface area contributed by atoms with Gasteiger partial charge < -0.3 is 0 Å². The van der Waals surface area contributed by atoms with Crippen LogP contribution in [0.2, 0.25) is 0 Å². The van der Waals surface area contributed by atoms with Gasteiger partial charge in [-0.1, -0.05) is 30.3 Å². The summed E-state index contributed by atoms with van der Waals surface area (Å²) in [6.45, 7) is -0.0941. The lowest BCUT2D eigenvalue weighted by Gasteiger charge is -2.19. The van der Waals surface area contributed by atoms with E-state index in [1.165, 1.54) is 12.1 Å². The van der Waals surface area contributed by atoms with Crippen molar-refractivity contribution in [1.82, 2.24) is 4.31 Å². The second-order valence-corrected chi connectivity index (χ2v) is 10.5. The topological polar surface area (TPSA) is 115 Å². The van der Waals surface area contributed by atoms with Gasteiger partial charge in [-0.2, -0.15) is 4.31 Å². The Morgan fingerprint density at radius 1 is 1.00 bits per heavy atom. The van der Waals surface area contributed by atoms with E-state index < -0.39 is 30.0 Å². The predicted octanol–water partition coefficient (Wildman–Crippen LogP) is 2.15. The molecule has 0 N–H and O–H groups in total. The molecule has 0 aliphatic carbocycles. The standard InChI is InChI=1S/C17H18N2O6S2/c20-19(21)15-6-8-16(9-7-15)27(24,25)18-11-10-17(26(22,23)13-12-18)14-4-2-1-3-5-14/h1-9,17H,10-13H2. The number of hydrogen-bond acceptors (Lipinski definition) is 6. The molecular weight excluding hydrogens is 392 g/mol. The average molecular weight is 410 g/mol. The van der Waals surface area contributed by atoms with Crippen molar-refractivity contribution in [3.05, 3.63) is 70.3 Å². The van der Waals surface area contributed by atoms with Gasteiger partial charge in [0.1, 0.15) is 0 Å². The van der Waals surface area contributed by atoms with Gasteiger partial charge in [0.15, 0.2) is 9.84 Å². The molecule has 27 heavy (non-hydrogen) atoms. The van der Waals surface area contributed by atoms with E-state index in [0.29, 0.717) is 5.56 Å². The number of benzene rings is 2. The van der Waals surface area contributed by atoms with Crippen LogP contribution in [-0.4, -0.2) is 44.9 Å². The monoisotopic (exact) mass is 410 g/mol. The first-order valence-electron chi connectivity index (χ1n) is 8.23. The summed E-state index contributed by atoms with van der Waals surface area (Å²) in [5.74, 6) is -0.279. The number of sulfone groups is 1. The van der Waals surface area contributed by atoms with Crippen LogP contribution in [0.4, 0.5) is 5.69 Å². The number of nitro groups is 1. The predicted molar refractivity (Wildman–Crippen MR) is 99.4 cm³/mol. The van der Waals surface area contributed by atoms with E-state index >= 15 is 0 Å². The van der Waals surface area contributed by atoms with Crippen LogP contribution >= 0.6 is 0 Å². The highest BCUT2D eigenvalue weighted by molar-refractivity contribution is 7.92. The van der Waals surface area contributed by atoms with Crippen molar-refractivity contribution in [3.63, 3.8) is 0 Å². The summed E-state index contributed by atoms with van der Waals surface area (Å²) >= 11 is 0. The van der Waals surface area contributed by atoms with Gasteiger partial charge >= 0.3 is 0 Å². The van der Waals surface area contributed by atoms with Crippen LogP contribution in [0, 0.1) is 10.1 Å². The van der Waals surface area contributed by atoms with Gasteiger partial charge in [0.05, 0.1) is 20.8 Å². The molecule has 1 fully saturated rings. The first-order chi connectivity index (χ1) is 12.7. The smallest absolute Gasteiger partial charge is 0.258 e. The van der Waals surface area contributed by atoms with Gasteiger partial charge in [-0.25, -0.2) is 16.8 Å². The van der Waals surface area contributed by atoms with E-state index in [4.69, 9.17) is 0 Å². The Balaban J connectivity index is 1.87. The Kier molecular flexibility index (Phi) is 5.31. The molecule has 0 radical (unpaired) electrons. The highest BCUT2D eigenvalue weighted by Crippen LogP contribution is 2.31. The van der Waals surface area contributed by atoms with E-state index in [1.807, 2.05) is 0 Å². The summed E-state index contributed by atoms with van der Waals surface area (Å²) < 4.78 is 52.1. The first kappa shape index (κ1) is 19.5. The molecule has 0 amide bonds. The summed E-state index contributed by atoms with van der Waals surface area (Å²) in [7, 11) is -7.44. The van der Waals surface area contributed by atoms with Crippen molar-refractivity contribution >= 4 is 25.5 Å². The van der Waals surface area contributed by atoms with Crippen LogP contribution in [0.3, 0.4) is 0 Å². The van der Waals surface area contributed by atoms with Gasteiger partial charge in [0, 0.05) is 25.2 Å². The Morgan fingerprint density at radius 2 is 1.63 bits per heavy atom. The van der Waals surface area contributed by atoms with Crippen molar-refractivity contribution in [2.45, 2.75) is 16.6 Å². The minimum Gasteiger partial charge on any atom is -0.258 e. The molecule has 1 aliphatic rings. The molecule has 1 saturated heterocycles. The maximum absolute atomic E-state index is 12.8. The third-order valence-corrected chi connectivity index (χ3v) is 8.60. The van der Waals surface area contributed by atoms with E-state index in [2.05, 4.69) is 0 Å². The van der Waals surface area contributed by atoms with Crippen molar-refractivity contribution in [3.8, 4) is 0 Å². The van der Waals surface area contributed by atoms with Crippen molar-refractivity contribution in [1.29, 1.82) is 0 Å². The van der Waals surface area contributed by atoms with E-state index in [9.17, 15) is 26.9 Å². The van der Waals surface area contributed by atoms with Gasteiger partial charge in [-0.05, 0) is 24.1 Å². The highest BCUT2D eigenvalue weighted by atomic mass is 32.2. The molecule has 3 rings (SSSR count). The fraction of sp³-hybridized carbons (Fsp3) is 0.294. The summed E-state index contributed by atoms with van der Waals surface area (Å²) in [6.07, 6.45) is 0.151. The van der Waals surface area contributed by atoms with Crippen LogP contribution in [0.15, 0.2) is 59.5 Å². The van der Waals surface area contributed by atoms with Crippen molar-refractivity contribution in [2.24, 2.45) is 0 Å². The fourth-order valence-corrected chi connectivity index (χ4v) is 6.46. The molecule has 8 nitrogen and oxygen atoms in total. The zero-order chi connectivity index (χ0) is 19.7. The lowest BCUT2D eigenvalue weighted by atomic mass is 10.1. The SMILES string of the molecule is O=[N+]([O-])c1ccc(S(=O)(=O)N2CCC(c3ccccc3)S(=O)(=O)CC2)cc1. The van der Waals surface area contributed by atoms with Gasteiger partial charge in [0.25, 0.3) is 5.69 Å². The molecule has 0 spiro atoms. The quantitative estimate of drug-likeness (QED) is 0.563. The van der Waals surface area contributed by atoms with Gasteiger partial charge in [-0.3, -0.25) is 10.1 Å². The molecule has 0 aromatic heterocycles. The molecule has 1 aliphatic heterocycles. The van der Waals surface area contributed by atoms with Crippen molar-refractivity contribution < 1.29 is 21.8 Å².